The molecule has 4 heteroatoms. The van der Waals surface area contributed by atoms with Gasteiger partial charge in [-0.15, -0.1) is 0 Å². The Morgan fingerprint density at radius 1 is 1.56 bits per heavy atom. The zero-order chi connectivity index (χ0) is 12.8. The van der Waals surface area contributed by atoms with E-state index in [9.17, 15) is 0 Å². The molecular formula is C14H25N3O. The minimum absolute atomic E-state index is 0.423. The Kier molecular flexibility index (Phi) is 5.20. The predicted octanol–water partition coefficient (Wildman–Crippen LogP) is 2.37. The Hall–Kier alpha value is -0.870. The molecule has 2 rings (SSSR count). The standard InChI is InChI=1S/C14H25N3O/c1-12(2)17-8-5-14(16-17)11-18-9-6-13-4-3-7-15-10-13/h5,8,12-13,15H,3-4,6-7,9-11H2,1-2H3. The lowest BCUT2D eigenvalue weighted by atomic mass is 9.97. The van der Waals surface area contributed by atoms with Crippen molar-refractivity contribution in [2.75, 3.05) is 19.7 Å². The molecule has 1 atom stereocenters. The van der Waals surface area contributed by atoms with Crippen molar-refractivity contribution in [2.24, 2.45) is 5.92 Å². The van der Waals surface area contributed by atoms with Crippen LogP contribution >= 0.6 is 0 Å². The molecule has 2 heterocycles. The molecule has 1 unspecified atom stereocenters. The molecule has 0 bridgehead atoms. The van der Waals surface area contributed by atoms with E-state index in [0.29, 0.717) is 12.6 Å². The third-order valence-electron chi connectivity index (χ3n) is 3.51. The average molecular weight is 251 g/mol. The summed E-state index contributed by atoms with van der Waals surface area (Å²) in [7, 11) is 0. The first-order valence-electron chi connectivity index (χ1n) is 7.08. The van der Waals surface area contributed by atoms with Crippen molar-refractivity contribution in [3.63, 3.8) is 0 Å². The van der Waals surface area contributed by atoms with Gasteiger partial charge in [0.1, 0.15) is 0 Å². The van der Waals surface area contributed by atoms with Crippen molar-refractivity contribution >= 4 is 0 Å². The highest BCUT2D eigenvalue weighted by Gasteiger charge is 2.12. The molecule has 0 amide bonds. The summed E-state index contributed by atoms with van der Waals surface area (Å²) in [6.45, 7) is 8.09. The SMILES string of the molecule is CC(C)n1ccc(COCCC2CCCNC2)n1. The lowest BCUT2D eigenvalue weighted by molar-refractivity contribution is 0.101. The largest absolute Gasteiger partial charge is 0.375 e. The van der Waals surface area contributed by atoms with Gasteiger partial charge in [-0.25, -0.2) is 0 Å². The van der Waals surface area contributed by atoms with E-state index in [1.807, 2.05) is 16.9 Å². The molecule has 0 aliphatic carbocycles. The van der Waals surface area contributed by atoms with E-state index in [0.717, 1.165) is 31.2 Å². The summed E-state index contributed by atoms with van der Waals surface area (Å²) in [6, 6.07) is 2.47. The molecule has 0 aromatic carbocycles. The van der Waals surface area contributed by atoms with Gasteiger partial charge in [0.15, 0.2) is 0 Å². The minimum Gasteiger partial charge on any atom is -0.375 e. The lowest BCUT2D eigenvalue weighted by Gasteiger charge is -2.22. The van der Waals surface area contributed by atoms with Gasteiger partial charge in [-0.1, -0.05) is 0 Å². The number of nitrogens with zero attached hydrogens (tertiary/aromatic N) is 2. The number of rotatable bonds is 6. The first-order valence-corrected chi connectivity index (χ1v) is 7.08. The first kappa shape index (κ1) is 13.6. The molecule has 18 heavy (non-hydrogen) atoms. The summed E-state index contributed by atoms with van der Waals surface area (Å²) in [4.78, 5) is 0. The predicted molar refractivity (Wildman–Crippen MR) is 72.5 cm³/mol. The van der Waals surface area contributed by atoms with E-state index in [2.05, 4.69) is 24.3 Å². The molecule has 1 aliphatic heterocycles. The monoisotopic (exact) mass is 251 g/mol. The second-order valence-electron chi connectivity index (χ2n) is 5.43. The van der Waals surface area contributed by atoms with Crippen LogP contribution in [0.1, 0.15) is 44.8 Å². The van der Waals surface area contributed by atoms with Crippen molar-refractivity contribution in [1.29, 1.82) is 0 Å². The van der Waals surface area contributed by atoms with Crippen LogP contribution in [-0.2, 0) is 11.3 Å². The average Bonchev–Trinajstić information content (AvgIpc) is 2.85. The fourth-order valence-corrected chi connectivity index (χ4v) is 2.34. The Morgan fingerprint density at radius 3 is 3.11 bits per heavy atom. The van der Waals surface area contributed by atoms with Crippen molar-refractivity contribution in [3.8, 4) is 0 Å². The fraction of sp³-hybridized carbons (Fsp3) is 0.786. The van der Waals surface area contributed by atoms with Crippen LogP contribution < -0.4 is 5.32 Å². The number of ether oxygens (including phenoxy) is 1. The van der Waals surface area contributed by atoms with Crippen LogP contribution in [0.3, 0.4) is 0 Å². The maximum Gasteiger partial charge on any atom is 0.0906 e. The molecule has 1 saturated heterocycles. The van der Waals surface area contributed by atoms with E-state index >= 15 is 0 Å². The van der Waals surface area contributed by atoms with Gasteiger partial charge in [-0.05, 0) is 58.2 Å². The quantitative estimate of drug-likeness (QED) is 0.789. The molecule has 0 saturated carbocycles. The number of nitrogens with one attached hydrogen (secondary N) is 1. The van der Waals surface area contributed by atoms with Crippen LogP contribution in [0.2, 0.25) is 0 Å². The van der Waals surface area contributed by atoms with Crippen LogP contribution in [0.5, 0.6) is 0 Å². The Bertz CT molecular complexity index is 343. The summed E-state index contributed by atoms with van der Waals surface area (Å²) in [5, 5.41) is 7.91. The van der Waals surface area contributed by atoms with Crippen LogP contribution in [0.25, 0.3) is 0 Å². The fourth-order valence-electron chi connectivity index (χ4n) is 2.34. The number of hydrogen-bond donors (Lipinski definition) is 1. The normalized spacial score (nSPS) is 20.5. The summed E-state index contributed by atoms with van der Waals surface area (Å²) in [5.74, 6) is 0.798. The van der Waals surface area contributed by atoms with Crippen molar-refractivity contribution in [1.82, 2.24) is 15.1 Å². The van der Waals surface area contributed by atoms with E-state index in [1.165, 1.54) is 19.4 Å². The van der Waals surface area contributed by atoms with E-state index in [-0.39, 0.29) is 0 Å². The summed E-state index contributed by atoms with van der Waals surface area (Å²) in [6.07, 6.45) is 5.84. The van der Waals surface area contributed by atoms with E-state index in [1.54, 1.807) is 0 Å². The Morgan fingerprint density at radius 2 is 2.44 bits per heavy atom. The first-order chi connectivity index (χ1) is 8.75. The van der Waals surface area contributed by atoms with E-state index in [4.69, 9.17) is 4.74 Å². The molecule has 1 aromatic heterocycles. The highest BCUT2D eigenvalue weighted by atomic mass is 16.5. The van der Waals surface area contributed by atoms with Gasteiger partial charge in [0.05, 0.1) is 12.3 Å². The minimum atomic E-state index is 0.423. The molecule has 102 valence electrons. The van der Waals surface area contributed by atoms with E-state index < -0.39 is 0 Å². The molecular weight excluding hydrogens is 226 g/mol. The molecule has 1 aromatic rings. The maximum atomic E-state index is 5.71. The lowest BCUT2D eigenvalue weighted by Crippen LogP contribution is -2.30. The Labute approximate surface area is 110 Å². The third-order valence-corrected chi connectivity index (χ3v) is 3.51. The highest BCUT2D eigenvalue weighted by Crippen LogP contribution is 2.14. The van der Waals surface area contributed by atoms with Crippen LogP contribution in [0, 0.1) is 5.92 Å². The van der Waals surface area contributed by atoms with Crippen LogP contribution in [0.4, 0.5) is 0 Å². The molecule has 1 N–H and O–H groups in total. The molecule has 1 fully saturated rings. The number of hydrogen-bond acceptors (Lipinski definition) is 3. The smallest absolute Gasteiger partial charge is 0.0906 e. The topological polar surface area (TPSA) is 39.1 Å². The second kappa shape index (κ2) is 6.90. The molecule has 4 nitrogen and oxygen atoms in total. The molecule has 1 aliphatic rings. The molecule has 0 spiro atoms. The second-order valence-corrected chi connectivity index (χ2v) is 5.43. The summed E-state index contributed by atoms with van der Waals surface area (Å²) >= 11 is 0. The van der Waals surface area contributed by atoms with Crippen molar-refractivity contribution in [3.05, 3.63) is 18.0 Å². The number of aromatic nitrogens is 2. The molecule has 0 radical (unpaired) electrons. The zero-order valence-electron chi connectivity index (χ0n) is 11.6. The third kappa shape index (κ3) is 4.10. The van der Waals surface area contributed by atoms with Crippen molar-refractivity contribution < 1.29 is 4.74 Å². The van der Waals surface area contributed by atoms with Gasteiger partial charge in [0.2, 0.25) is 0 Å². The van der Waals surface area contributed by atoms with Crippen LogP contribution in [-0.4, -0.2) is 29.5 Å². The summed E-state index contributed by atoms with van der Waals surface area (Å²) in [5.41, 5.74) is 1.03. The number of piperidine rings is 1. The highest BCUT2D eigenvalue weighted by molar-refractivity contribution is 4.97. The summed E-state index contributed by atoms with van der Waals surface area (Å²) < 4.78 is 7.69. The van der Waals surface area contributed by atoms with Gasteiger partial charge < -0.3 is 10.1 Å². The Balaban J connectivity index is 1.62. The zero-order valence-corrected chi connectivity index (χ0v) is 11.6. The van der Waals surface area contributed by atoms with Gasteiger partial charge in [-0.2, -0.15) is 5.10 Å². The van der Waals surface area contributed by atoms with Gasteiger partial charge in [0.25, 0.3) is 0 Å². The van der Waals surface area contributed by atoms with Crippen LogP contribution in [0.15, 0.2) is 12.3 Å². The van der Waals surface area contributed by atoms with Gasteiger partial charge in [-0.3, -0.25) is 4.68 Å². The maximum absolute atomic E-state index is 5.71. The van der Waals surface area contributed by atoms with Crippen molar-refractivity contribution in [2.45, 2.75) is 45.8 Å². The van der Waals surface area contributed by atoms with Gasteiger partial charge >= 0.3 is 0 Å². The van der Waals surface area contributed by atoms with Gasteiger partial charge in [0, 0.05) is 18.8 Å².